The number of aromatic nitrogens is 6. The number of ketones is 1. The second kappa shape index (κ2) is 10.6. The normalized spacial score (nSPS) is 14.4. The summed E-state index contributed by atoms with van der Waals surface area (Å²) < 4.78 is 8.79. The van der Waals surface area contributed by atoms with Gasteiger partial charge in [-0.1, -0.05) is 38.1 Å². The van der Waals surface area contributed by atoms with Crippen LogP contribution < -0.4 is 16.4 Å². The Morgan fingerprint density at radius 2 is 2.00 bits per heavy atom. The SMILES string of the molecule is CC(C)c1cnn2c(NCc3cccc(CC(=O)c4nn(C)cc4N)c3)nc(NC3CCOCC3)nc12. The third-order valence-electron chi connectivity index (χ3n) is 6.50. The van der Waals surface area contributed by atoms with Gasteiger partial charge in [0.05, 0.1) is 11.9 Å². The summed E-state index contributed by atoms with van der Waals surface area (Å²) in [6.45, 7) is 6.24. The van der Waals surface area contributed by atoms with Crippen LogP contribution in [0.15, 0.2) is 36.7 Å². The third-order valence-corrected chi connectivity index (χ3v) is 6.50. The van der Waals surface area contributed by atoms with Gasteiger partial charge in [0.2, 0.25) is 11.9 Å². The summed E-state index contributed by atoms with van der Waals surface area (Å²) in [6, 6.07) is 8.17. The van der Waals surface area contributed by atoms with Crippen LogP contribution >= 0.6 is 0 Å². The van der Waals surface area contributed by atoms with Crippen molar-refractivity contribution in [3.8, 4) is 0 Å². The number of nitrogens with two attached hydrogens (primary N) is 1. The van der Waals surface area contributed by atoms with Crippen molar-refractivity contribution in [1.29, 1.82) is 0 Å². The number of nitrogens with one attached hydrogen (secondary N) is 2. The highest BCUT2D eigenvalue weighted by atomic mass is 16.5. The molecule has 0 atom stereocenters. The van der Waals surface area contributed by atoms with Crippen LogP contribution in [-0.2, 0) is 24.8 Å². The smallest absolute Gasteiger partial charge is 0.229 e. The lowest BCUT2D eigenvalue weighted by molar-refractivity contribution is 0.0903. The number of carbonyl (C=O) groups excluding carboxylic acids is 1. The summed E-state index contributed by atoms with van der Waals surface area (Å²) in [6.07, 6.45) is 5.56. The molecule has 3 aromatic heterocycles. The predicted octanol–water partition coefficient (Wildman–Crippen LogP) is 3.19. The maximum absolute atomic E-state index is 12.7. The first kappa shape index (κ1) is 24.7. The number of nitrogen functional groups attached to an aromatic ring is 1. The van der Waals surface area contributed by atoms with Crippen molar-refractivity contribution in [2.75, 3.05) is 29.6 Å². The maximum Gasteiger partial charge on any atom is 0.229 e. The Balaban J connectivity index is 1.35. The topological polar surface area (TPSA) is 137 Å². The molecule has 1 aliphatic heterocycles. The molecule has 1 aliphatic rings. The zero-order chi connectivity index (χ0) is 25.9. The van der Waals surface area contributed by atoms with Crippen LogP contribution in [0.2, 0.25) is 0 Å². The number of hydrogen-bond donors (Lipinski definition) is 3. The number of nitrogens with zero attached hydrogens (tertiary/aromatic N) is 6. The van der Waals surface area contributed by atoms with E-state index >= 15 is 0 Å². The minimum atomic E-state index is -0.109. The highest BCUT2D eigenvalue weighted by molar-refractivity contribution is 6.00. The second-order valence-corrected chi connectivity index (χ2v) is 9.77. The van der Waals surface area contributed by atoms with E-state index < -0.39 is 0 Å². The standard InChI is InChI=1S/C26H33N9O2/c1-16(2)20-14-29-35-24(20)31-25(30-19-7-9-37-10-8-19)32-26(35)28-13-18-6-4-5-17(11-18)12-22(36)23-21(27)15-34(3)33-23/h4-6,11,14-16,19H,7-10,12-13,27H2,1-3H3,(H2,28,30,31,32). The van der Waals surface area contributed by atoms with Gasteiger partial charge >= 0.3 is 0 Å². The minimum absolute atomic E-state index is 0.109. The van der Waals surface area contributed by atoms with Gasteiger partial charge in [0, 0.05) is 51.0 Å². The summed E-state index contributed by atoms with van der Waals surface area (Å²) in [5.41, 5.74) is 10.4. The van der Waals surface area contributed by atoms with E-state index in [4.69, 9.17) is 20.4 Å². The number of carbonyl (C=O) groups is 1. The van der Waals surface area contributed by atoms with E-state index in [-0.39, 0.29) is 24.2 Å². The molecule has 1 fully saturated rings. The third kappa shape index (κ3) is 5.56. The molecule has 0 unspecified atom stereocenters. The fraction of sp³-hybridized carbons (Fsp3) is 0.423. The van der Waals surface area contributed by atoms with Crippen LogP contribution in [0.1, 0.15) is 59.8 Å². The first-order chi connectivity index (χ1) is 17.9. The van der Waals surface area contributed by atoms with E-state index in [9.17, 15) is 4.79 Å². The quantitative estimate of drug-likeness (QED) is 0.294. The molecular weight excluding hydrogens is 470 g/mol. The van der Waals surface area contributed by atoms with Crippen molar-refractivity contribution in [2.24, 2.45) is 7.05 Å². The zero-order valence-electron chi connectivity index (χ0n) is 21.4. The Hall–Kier alpha value is -3.99. The number of fused-ring (bicyclic) bond motifs is 1. The molecule has 4 N–H and O–H groups in total. The average molecular weight is 504 g/mol. The molecule has 37 heavy (non-hydrogen) atoms. The molecule has 0 aliphatic carbocycles. The van der Waals surface area contributed by atoms with Gasteiger partial charge in [-0.05, 0) is 29.9 Å². The first-order valence-corrected chi connectivity index (χ1v) is 12.6. The lowest BCUT2D eigenvalue weighted by Crippen LogP contribution is -2.29. The van der Waals surface area contributed by atoms with Crippen molar-refractivity contribution in [1.82, 2.24) is 29.4 Å². The molecule has 1 aromatic carbocycles. The van der Waals surface area contributed by atoms with Crippen molar-refractivity contribution in [2.45, 2.75) is 51.6 Å². The van der Waals surface area contributed by atoms with Crippen molar-refractivity contribution < 1.29 is 9.53 Å². The van der Waals surface area contributed by atoms with Crippen LogP contribution in [0.3, 0.4) is 0 Å². The second-order valence-electron chi connectivity index (χ2n) is 9.77. The van der Waals surface area contributed by atoms with Gasteiger partial charge in [-0.15, -0.1) is 0 Å². The summed E-state index contributed by atoms with van der Waals surface area (Å²) in [5.74, 6) is 1.35. The zero-order valence-corrected chi connectivity index (χ0v) is 21.4. The monoisotopic (exact) mass is 503 g/mol. The van der Waals surface area contributed by atoms with Gasteiger partial charge < -0.3 is 21.1 Å². The van der Waals surface area contributed by atoms with Crippen LogP contribution in [0, 0.1) is 0 Å². The molecule has 11 heteroatoms. The molecule has 0 amide bonds. The Morgan fingerprint density at radius 3 is 2.73 bits per heavy atom. The average Bonchev–Trinajstić information content (AvgIpc) is 3.46. The molecular formula is C26H33N9O2. The molecule has 1 saturated heterocycles. The Kier molecular flexibility index (Phi) is 7.04. The largest absolute Gasteiger partial charge is 0.396 e. The molecule has 4 aromatic rings. The van der Waals surface area contributed by atoms with Gasteiger partial charge in [0.15, 0.2) is 17.1 Å². The van der Waals surface area contributed by atoms with Gasteiger partial charge in [-0.3, -0.25) is 9.48 Å². The number of anilines is 3. The molecule has 5 rings (SSSR count). The number of rotatable bonds is 9. The Bertz CT molecular complexity index is 1400. The molecule has 0 bridgehead atoms. The number of Topliss-reactive ketones (excluding diaryl/α,β-unsaturated/α-hetero) is 1. The Labute approximate surface area is 215 Å². The van der Waals surface area contributed by atoms with E-state index in [1.54, 1.807) is 22.4 Å². The number of ether oxygens (including phenoxy) is 1. The fourth-order valence-electron chi connectivity index (χ4n) is 4.53. The minimum Gasteiger partial charge on any atom is -0.396 e. The van der Waals surface area contributed by atoms with Gasteiger partial charge in [-0.2, -0.15) is 24.7 Å². The van der Waals surface area contributed by atoms with E-state index in [1.807, 2.05) is 30.5 Å². The molecule has 0 radical (unpaired) electrons. The summed E-state index contributed by atoms with van der Waals surface area (Å²) in [7, 11) is 1.75. The van der Waals surface area contributed by atoms with Crippen LogP contribution in [-0.4, -0.2) is 54.4 Å². The van der Waals surface area contributed by atoms with E-state index in [0.29, 0.717) is 29.8 Å². The van der Waals surface area contributed by atoms with Crippen molar-refractivity contribution >= 4 is 29.0 Å². The number of benzene rings is 1. The lowest BCUT2D eigenvalue weighted by Gasteiger charge is -2.23. The summed E-state index contributed by atoms with van der Waals surface area (Å²) >= 11 is 0. The Morgan fingerprint density at radius 1 is 1.22 bits per heavy atom. The molecule has 4 heterocycles. The number of hydrogen-bond acceptors (Lipinski definition) is 9. The molecule has 194 valence electrons. The van der Waals surface area contributed by atoms with Crippen molar-refractivity contribution in [3.05, 3.63) is 59.0 Å². The van der Waals surface area contributed by atoms with Gasteiger partial charge in [-0.25, -0.2) is 0 Å². The summed E-state index contributed by atoms with van der Waals surface area (Å²) in [5, 5.41) is 15.7. The maximum atomic E-state index is 12.7. The molecule has 0 spiro atoms. The molecule has 0 saturated carbocycles. The fourth-order valence-corrected chi connectivity index (χ4v) is 4.53. The first-order valence-electron chi connectivity index (χ1n) is 12.6. The van der Waals surface area contributed by atoms with Gasteiger partial charge in [0.25, 0.3) is 0 Å². The highest BCUT2D eigenvalue weighted by Gasteiger charge is 2.19. The van der Waals surface area contributed by atoms with Crippen LogP contribution in [0.5, 0.6) is 0 Å². The van der Waals surface area contributed by atoms with E-state index in [0.717, 1.165) is 48.4 Å². The van der Waals surface area contributed by atoms with E-state index in [1.165, 1.54) is 0 Å². The van der Waals surface area contributed by atoms with Crippen LogP contribution in [0.25, 0.3) is 5.65 Å². The summed E-state index contributed by atoms with van der Waals surface area (Å²) in [4.78, 5) is 22.3. The van der Waals surface area contributed by atoms with Crippen molar-refractivity contribution in [3.63, 3.8) is 0 Å². The molecule has 11 nitrogen and oxygen atoms in total. The van der Waals surface area contributed by atoms with Gasteiger partial charge in [0.1, 0.15) is 0 Å². The van der Waals surface area contributed by atoms with Crippen LogP contribution in [0.4, 0.5) is 17.6 Å². The number of aryl methyl sites for hydroxylation is 1. The van der Waals surface area contributed by atoms with E-state index in [2.05, 4.69) is 34.7 Å². The predicted molar refractivity (Wildman–Crippen MR) is 142 cm³/mol. The lowest BCUT2D eigenvalue weighted by atomic mass is 10.0. The highest BCUT2D eigenvalue weighted by Crippen LogP contribution is 2.23.